The highest BCUT2D eigenvalue weighted by Crippen LogP contribution is 2.07. The lowest BCUT2D eigenvalue weighted by Crippen LogP contribution is -2.24. The van der Waals surface area contributed by atoms with Gasteiger partial charge in [-0.1, -0.05) is 0 Å². The van der Waals surface area contributed by atoms with E-state index in [4.69, 9.17) is 0 Å². The Morgan fingerprint density at radius 2 is 1.80 bits per heavy atom. The summed E-state index contributed by atoms with van der Waals surface area (Å²) in [5.41, 5.74) is -0.196. The second-order valence-electron chi connectivity index (χ2n) is 2.17. The minimum absolute atomic E-state index is 0.0671. The third-order valence-corrected chi connectivity index (χ3v) is 3.50. The zero-order valence-corrected chi connectivity index (χ0v) is 7.05. The summed E-state index contributed by atoms with van der Waals surface area (Å²) in [6, 6.07) is 0. The molecule has 0 bridgehead atoms. The van der Waals surface area contributed by atoms with Crippen molar-refractivity contribution in [2.45, 2.75) is 0 Å². The summed E-state index contributed by atoms with van der Waals surface area (Å²) in [5.74, 6) is 0. The van der Waals surface area contributed by atoms with Crippen molar-refractivity contribution in [3.8, 4) is 0 Å². The van der Waals surface area contributed by atoms with Gasteiger partial charge in [0, 0.05) is 21.8 Å². The first-order valence-corrected chi connectivity index (χ1v) is 4.59. The van der Waals surface area contributed by atoms with Crippen molar-refractivity contribution in [3.63, 3.8) is 0 Å². The number of aromatic nitrogens is 2. The lowest BCUT2D eigenvalue weighted by atomic mass is 11.0. The first-order valence-electron chi connectivity index (χ1n) is 2.84. The molecule has 4 nitrogen and oxygen atoms in total. The fourth-order valence-corrected chi connectivity index (χ4v) is 1.94. The van der Waals surface area contributed by atoms with E-state index < -0.39 is 7.69 Å². The maximum atomic E-state index is 11.0. The molecule has 0 fully saturated rings. The summed E-state index contributed by atoms with van der Waals surface area (Å²) in [5, 5.41) is -0.0671. The van der Waals surface area contributed by atoms with Crippen LogP contribution in [0.3, 0.4) is 0 Å². The molecule has 1 unspecified atom stereocenters. The summed E-state index contributed by atoms with van der Waals surface area (Å²) in [7, 11) is 2.26. The molecule has 0 saturated carbocycles. The molecule has 1 atom stereocenters. The van der Waals surface area contributed by atoms with Gasteiger partial charge in [0.25, 0.3) is 5.29 Å². The van der Waals surface area contributed by atoms with E-state index in [1.165, 1.54) is 11.4 Å². The van der Waals surface area contributed by atoms with Gasteiger partial charge in [0.2, 0.25) is 0 Å². The van der Waals surface area contributed by atoms with E-state index in [1.807, 2.05) is 0 Å². The third-order valence-electron chi connectivity index (χ3n) is 1.58. The quantitative estimate of drug-likeness (QED) is 0.518. The molecule has 1 aromatic heterocycles. The Hall–Kier alpha value is -0.760. The Labute approximate surface area is 58.8 Å². The zero-order valence-electron chi connectivity index (χ0n) is 6.16. The summed E-state index contributed by atoms with van der Waals surface area (Å²) in [4.78, 5) is 22.0. The second kappa shape index (κ2) is 2.13. The summed E-state index contributed by atoms with van der Waals surface area (Å²) >= 11 is 0. The fourth-order valence-electron chi connectivity index (χ4n) is 0.773. The molecule has 1 heterocycles. The van der Waals surface area contributed by atoms with Gasteiger partial charge in [-0.2, -0.15) is 0 Å². The Balaban J connectivity index is 3.77. The van der Waals surface area contributed by atoms with E-state index in [-0.39, 0.29) is 11.0 Å². The highest BCUT2D eigenvalue weighted by atomic mass is 31.1. The van der Waals surface area contributed by atoms with Gasteiger partial charge < -0.3 is 0 Å². The molecule has 10 heavy (non-hydrogen) atoms. The van der Waals surface area contributed by atoms with Crippen LogP contribution in [0.25, 0.3) is 0 Å². The van der Waals surface area contributed by atoms with Crippen molar-refractivity contribution in [2.75, 3.05) is 0 Å². The third kappa shape index (κ3) is 0.762. The number of rotatable bonds is 0. The van der Waals surface area contributed by atoms with Crippen LogP contribution in [-0.2, 0) is 20.8 Å². The van der Waals surface area contributed by atoms with E-state index in [2.05, 4.69) is 0 Å². The second-order valence-corrected chi connectivity index (χ2v) is 4.20. The molecule has 0 radical (unpaired) electrons. The van der Waals surface area contributed by atoms with Crippen LogP contribution in [-0.4, -0.2) is 8.90 Å². The van der Waals surface area contributed by atoms with E-state index in [1.54, 1.807) is 13.7 Å². The van der Waals surface area contributed by atoms with Gasteiger partial charge in [-0.05, 0) is 6.66 Å². The highest BCUT2D eigenvalue weighted by molar-refractivity contribution is 7.42. The van der Waals surface area contributed by atoms with E-state index >= 15 is 0 Å². The van der Waals surface area contributed by atoms with Crippen molar-refractivity contribution in [1.82, 2.24) is 8.90 Å². The summed E-state index contributed by atoms with van der Waals surface area (Å²) in [6.45, 7) is 1.78. The molecule has 5 heteroatoms. The molecule has 0 aliphatic rings. The van der Waals surface area contributed by atoms with Gasteiger partial charge in [0.15, 0.2) is 0 Å². The molecule has 0 aliphatic heterocycles. The van der Waals surface area contributed by atoms with Gasteiger partial charge in [-0.25, -0.2) is 4.79 Å². The largest absolute Gasteiger partial charge is 0.333 e. The average Bonchev–Trinajstić information content (AvgIpc) is 2.07. The molecule has 0 spiro atoms. The molecule has 0 N–H and O–H groups in total. The minimum Gasteiger partial charge on any atom is -0.283 e. The van der Waals surface area contributed by atoms with Crippen LogP contribution in [0.4, 0.5) is 0 Å². The molecule has 0 amide bonds. The topological polar surface area (TPSA) is 44.0 Å². The molecular weight excluding hydrogens is 151 g/mol. The first kappa shape index (κ1) is 7.35. The number of hydrogen-bond acceptors (Lipinski definition) is 2. The van der Waals surface area contributed by atoms with Gasteiger partial charge in [0.05, 0.1) is 0 Å². The van der Waals surface area contributed by atoms with Crippen molar-refractivity contribution in [1.29, 1.82) is 0 Å². The van der Waals surface area contributed by atoms with E-state index in [0.717, 1.165) is 4.57 Å². The zero-order chi connectivity index (χ0) is 7.89. The Kier molecular flexibility index (Phi) is 1.57. The van der Waals surface area contributed by atoms with Crippen molar-refractivity contribution < 1.29 is 0 Å². The maximum Gasteiger partial charge on any atom is 0.333 e. The molecule has 0 aromatic carbocycles. The van der Waals surface area contributed by atoms with Gasteiger partial charge in [0.1, 0.15) is 0 Å². The van der Waals surface area contributed by atoms with Crippen LogP contribution in [0.2, 0.25) is 0 Å². The molecule has 1 aromatic rings. The van der Waals surface area contributed by atoms with Crippen molar-refractivity contribution in [2.24, 2.45) is 20.8 Å². The predicted molar refractivity (Wildman–Crippen MR) is 40.6 cm³/mol. The monoisotopic (exact) mass is 160 g/mol. The van der Waals surface area contributed by atoms with Crippen molar-refractivity contribution >= 4 is 7.69 Å². The molecule has 1 rings (SSSR count). The SMILES string of the molecule is Cn1c(=O)n(C)p(C)c1=O. The summed E-state index contributed by atoms with van der Waals surface area (Å²) < 4.78 is 2.64. The average molecular weight is 160 g/mol. The molecule has 56 valence electrons. The Morgan fingerprint density at radius 3 is 1.90 bits per heavy atom. The fraction of sp³-hybridized carbons (Fsp3) is 0.600. The van der Waals surface area contributed by atoms with Crippen LogP contribution >= 0.6 is 7.69 Å². The van der Waals surface area contributed by atoms with E-state index in [9.17, 15) is 9.59 Å². The summed E-state index contributed by atoms with van der Waals surface area (Å²) in [6.07, 6.45) is 0. The predicted octanol–water partition coefficient (Wildman–Crippen LogP) is -0.392. The Morgan fingerprint density at radius 1 is 1.30 bits per heavy atom. The number of hydrogen-bond donors (Lipinski definition) is 0. The van der Waals surface area contributed by atoms with Gasteiger partial charge in [-0.3, -0.25) is 13.7 Å². The molecular formula is C5H9N2O2P. The molecule has 0 saturated heterocycles. The van der Waals surface area contributed by atoms with E-state index in [0.29, 0.717) is 0 Å². The normalized spacial score (nSPS) is 12.1. The van der Waals surface area contributed by atoms with Crippen LogP contribution < -0.4 is 11.0 Å². The maximum absolute atomic E-state index is 11.0. The smallest absolute Gasteiger partial charge is 0.283 e. The van der Waals surface area contributed by atoms with Crippen LogP contribution in [0, 0.1) is 0 Å². The van der Waals surface area contributed by atoms with Crippen LogP contribution in [0.1, 0.15) is 0 Å². The minimum atomic E-state index is -0.895. The lowest BCUT2D eigenvalue weighted by Gasteiger charge is -1.86. The van der Waals surface area contributed by atoms with Crippen molar-refractivity contribution in [3.05, 3.63) is 20.6 Å². The Bertz CT molecular complexity index is 323. The van der Waals surface area contributed by atoms with Crippen LogP contribution in [0.15, 0.2) is 9.59 Å². The standard InChI is InChI=1S/C5H9N2O2P/c1-6-4(8)7(2)10(3)5(6)9/h1-3H3. The van der Waals surface area contributed by atoms with Crippen LogP contribution in [0.5, 0.6) is 0 Å². The first-order chi connectivity index (χ1) is 4.55. The number of nitrogens with zero attached hydrogens (tertiary/aromatic N) is 2. The molecule has 0 aliphatic carbocycles. The lowest BCUT2D eigenvalue weighted by molar-refractivity contribution is 0.774. The van der Waals surface area contributed by atoms with Gasteiger partial charge >= 0.3 is 5.69 Å². The highest BCUT2D eigenvalue weighted by Gasteiger charge is 2.05. The van der Waals surface area contributed by atoms with Gasteiger partial charge in [-0.15, -0.1) is 0 Å².